The highest BCUT2D eigenvalue weighted by atomic mass is 35.5. The molecule has 2 fully saturated rings. The minimum Gasteiger partial charge on any atom is -0.465 e. The Bertz CT molecular complexity index is 1530. The molecule has 39 heavy (non-hydrogen) atoms. The summed E-state index contributed by atoms with van der Waals surface area (Å²) in [5, 5.41) is 13.5. The molecular formula is C25H19ClF4N4O4S. The topological polar surface area (TPSA) is 95.7 Å². The molecule has 0 aliphatic carbocycles. The van der Waals surface area contributed by atoms with Crippen molar-refractivity contribution in [2.24, 2.45) is 0 Å². The highest BCUT2D eigenvalue weighted by Gasteiger charge is 2.42. The zero-order valence-corrected chi connectivity index (χ0v) is 21.4. The number of carboxylic acid groups (broad SMARTS) is 1. The molecule has 2 aromatic carbocycles. The fourth-order valence-corrected chi connectivity index (χ4v) is 5.74. The first-order valence-corrected chi connectivity index (χ1v) is 12.8. The lowest BCUT2D eigenvalue weighted by Gasteiger charge is -2.24. The molecule has 1 N–H and O–H groups in total. The number of nitrogens with zero attached hydrogens (tertiary/aromatic N) is 4. The minimum atomic E-state index is -4.59. The van der Waals surface area contributed by atoms with Crippen LogP contribution >= 0.6 is 23.4 Å². The van der Waals surface area contributed by atoms with Gasteiger partial charge in [-0.25, -0.2) is 9.18 Å². The zero-order chi connectivity index (χ0) is 28.1. The summed E-state index contributed by atoms with van der Waals surface area (Å²) < 4.78 is 55.7. The fraction of sp³-hybridized carbons (Fsp3) is 0.280. The van der Waals surface area contributed by atoms with Crippen LogP contribution in [0.25, 0.3) is 17.0 Å². The third-order valence-electron chi connectivity index (χ3n) is 6.54. The van der Waals surface area contributed by atoms with Crippen molar-refractivity contribution in [3.63, 3.8) is 0 Å². The summed E-state index contributed by atoms with van der Waals surface area (Å²) >= 11 is 6.45. The second-order valence-corrected chi connectivity index (χ2v) is 10.6. The number of hydrogen-bond acceptors (Lipinski definition) is 5. The van der Waals surface area contributed by atoms with Crippen LogP contribution in [0.15, 0.2) is 47.5 Å². The van der Waals surface area contributed by atoms with E-state index in [0.29, 0.717) is 28.2 Å². The number of alkyl halides is 4. The number of aromatic nitrogens is 2. The maximum absolute atomic E-state index is 13.8. The molecule has 0 radical (unpaired) electrons. The molecule has 0 unspecified atom stereocenters. The number of benzene rings is 2. The van der Waals surface area contributed by atoms with Gasteiger partial charge in [-0.2, -0.15) is 18.3 Å². The molecule has 3 aromatic rings. The van der Waals surface area contributed by atoms with E-state index in [-0.39, 0.29) is 41.5 Å². The van der Waals surface area contributed by atoms with Gasteiger partial charge in [0.2, 0.25) is 0 Å². The maximum atomic E-state index is 13.8. The first-order valence-electron chi connectivity index (χ1n) is 11.6. The van der Waals surface area contributed by atoms with E-state index in [2.05, 4.69) is 5.10 Å². The fourth-order valence-electron chi connectivity index (χ4n) is 4.72. The monoisotopic (exact) mass is 582 g/mol. The van der Waals surface area contributed by atoms with Crippen molar-refractivity contribution in [2.45, 2.75) is 31.4 Å². The molecule has 1 aromatic heterocycles. The van der Waals surface area contributed by atoms with Crippen LogP contribution in [-0.2, 0) is 17.5 Å². The molecule has 2 aliphatic heterocycles. The van der Waals surface area contributed by atoms with Gasteiger partial charge in [-0.3, -0.25) is 19.2 Å². The summed E-state index contributed by atoms with van der Waals surface area (Å²) in [5.74, 6) is -0.615. The summed E-state index contributed by atoms with van der Waals surface area (Å²) in [5.41, 5.74) is 0.251. The average molecular weight is 583 g/mol. The van der Waals surface area contributed by atoms with Crippen molar-refractivity contribution in [1.29, 1.82) is 0 Å². The van der Waals surface area contributed by atoms with Crippen molar-refractivity contribution in [1.82, 2.24) is 19.6 Å². The van der Waals surface area contributed by atoms with Crippen molar-refractivity contribution in [3.05, 3.63) is 69.2 Å². The van der Waals surface area contributed by atoms with Crippen LogP contribution in [0.5, 0.6) is 0 Å². The molecule has 8 nitrogen and oxygen atoms in total. The van der Waals surface area contributed by atoms with E-state index in [1.54, 1.807) is 18.2 Å². The highest BCUT2D eigenvalue weighted by Crippen LogP contribution is 2.36. The maximum Gasteiger partial charge on any atom is 0.416 e. The molecule has 5 rings (SSSR count). The van der Waals surface area contributed by atoms with Crippen LogP contribution in [-0.4, -0.2) is 67.2 Å². The number of halogens is 5. The molecule has 14 heteroatoms. The summed E-state index contributed by atoms with van der Waals surface area (Å²) in [7, 11) is 0. The van der Waals surface area contributed by atoms with Crippen LogP contribution in [0.2, 0.25) is 5.02 Å². The minimum absolute atomic E-state index is 0.00235. The summed E-state index contributed by atoms with van der Waals surface area (Å²) in [6.07, 6.45) is -4.40. The summed E-state index contributed by atoms with van der Waals surface area (Å²) in [4.78, 5) is 38.7. The number of amides is 3. The molecule has 0 bridgehead atoms. The van der Waals surface area contributed by atoms with Crippen LogP contribution < -0.4 is 0 Å². The molecule has 204 valence electrons. The van der Waals surface area contributed by atoms with Gasteiger partial charge in [-0.15, -0.1) is 0 Å². The average Bonchev–Trinajstić information content (AvgIpc) is 3.51. The first-order chi connectivity index (χ1) is 18.4. The van der Waals surface area contributed by atoms with Crippen molar-refractivity contribution in [2.75, 3.05) is 13.1 Å². The second-order valence-electron chi connectivity index (χ2n) is 9.13. The molecule has 3 amide bonds. The van der Waals surface area contributed by atoms with Gasteiger partial charge in [0.25, 0.3) is 11.1 Å². The largest absolute Gasteiger partial charge is 0.465 e. The van der Waals surface area contributed by atoms with E-state index in [1.165, 1.54) is 29.1 Å². The second kappa shape index (κ2) is 10.2. The molecule has 0 spiro atoms. The van der Waals surface area contributed by atoms with E-state index < -0.39 is 41.2 Å². The van der Waals surface area contributed by atoms with Crippen molar-refractivity contribution in [3.8, 4) is 0 Å². The lowest BCUT2D eigenvalue weighted by molar-refractivity contribution is -0.138. The number of rotatable bonds is 5. The number of likely N-dealkylation sites (tertiary alicyclic amines) is 1. The number of carbonyl (C=O) groups excluding carboxylic acids is 2. The standard InChI is InChI=1S/C25H19ClF4N4O4S/c26-16-3-2-14(19(7-16)25(28,29)30)10-34-20-4-1-13(5-15(20)9-31-34)6-21-22(35)33(24(38)39-21)12-18-8-17(27)11-32(18)23(36)37/h1-7,9,17-18H,8,10-12H2,(H,36,37)/t17-,18+/m1/s1. The number of hydrogen-bond donors (Lipinski definition) is 1. The van der Waals surface area contributed by atoms with Gasteiger partial charge in [0.15, 0.2) is 0 Å². The summed E-state index contributed by atoms with van der Waals surface area (Å²) in [6, 6.07) is 7.68. The van der Waals surface area contributed by atoms with Crippen LogP contribution in [0, 0.1) is 0 Å². The van der Waals surface area contributed by atoms with Gasteiger partial charge in [-0.05, 0) is 53.2 Å². The molecular weight excluding hydrogens is 564 g/mol. The van der Waals surface area contributed by atoms with E-state index in [9.17, 15) is 37.1 Å². The quantitative estimate of drug-likeness (QED) is 0.298. The van der Waals surface area contributed by atoms with E-state index >= 15 is 0 Å². The first kappa shape index (κ1) is 27.0. The van der Waals surface area contributed by atoms with Crippen LogP contribution in [0.1, 0.15) is 23.1 Å². The normalized spacial score (nSPS) is 21.1. The highest BCUT2D eigenvalue weighted by molar-refractivity contribution is 8.18. The third kappa shape index (κ3) is 5.46. The van der Waals surface area contributed by atoms with Gasteiger partial charge in [0.05, 0.1) is 47.9 Å². The van der Waals surface area contributed by atoms with Gasteiger partial charge < -0.3 is 10.0 Å². The Hall–Kier alpha value is -3.58. The van der Waals surface area contributed by atoms with Crippen LogP contribution in [0.3, 0.4) is 0 Å². The van der Waals surface area contributed by atoms with Crippen molar-refractivity contribution < 1.29 is 37.1 Å². The molecule has 2 saturated heterocycles. The molecule has 0 saturated carbocycles. The third-order valence-corrected chi connectivity index (χ3v) is 7.68. The predicted molar refractivity (Wildman–Crippen MR) is 136 cm³/mol. The number of thioether (sulfide) groups is 1. The number of fused-ring (bicyclic) bond motifs is 1. The molecule has 2 atom stereocenters. The van der Waals surface area contributed by atoms with Crippen molar-refractivity contribution >= 4 is 57.6 Å². The zero-order valence-electron chi connectivity index (χ0n) is 19.9. The lowest BCUT2D eigenvalue weighted by atomic mass is 10.1. The van der Waals surface area contributed by atoms with E-state index in [1.807, 2.05) is 0 Å². The van der Waals surface area contributed by atoms with Gasteiger partial charge in [0, 0.05) is 16.8 Å². The van der Waals surface area contributed by atoms with E-state index in [4.69, 9.17) is 11.6 Å². The summed E-state index contributed by atoms with van der Waals surface area (Å²) in [6.45, 7) is -0.706. The smallest absolute Gasteiger partial charge is 0.416 e. The Morgan fingerprint density at radius 1 is 1.21 bits per heavy atom. The van der Waals surface area contributed by atoms with Crippen LogP contribution in [0.4, 0.5) is 27.2 Å². The Morgan fingerprint density at radius 3 is 2.69 bits per heavy atom. The van der Waals surface area contributed by atoms with Gasteiger partial charge in [0.1, 0.15) is 6.17 Å². The van der Waals surface area contributed by atoms with Gasteiger partial charge >= 0.3 is 12.3 Å². The number of carbonyl (C=O) groups is 3. The Morgan fingerprint density at radius 2 is 1.97 bits per heavy atom. The predicted octanol–water partition coefficient (Wildman–Crippen LogP) is 5.88. The molecule has 2 aliphatic rings. The SMILES string of the molecule is O=C1SC(=Cc2ccc3c(cnn3Cc3ccc(Cl)cc3C(F)(F)F)c2)C(=O)N1C[C@@H]1C[C@@H](F)CN1C(=O)O. The Labute approximate surface area is 227 Å². The lowest BCUT2D eigenvalue weighted by Crippen LogP contribution is -2.44. The Balaban J connectivity index is 1.35. The van der Waals surface area contributed by atoms with Gasteiger partial charge in [-0.1, -0.05) is 23.7 Å². The van der Waals surface area contributed by atoms with E-state index in [0.717, 1.165) is 15.9 Å². The molecule has 3 heterocycles. The Kier molecular flexibility index (Phi) is 7.06. The number of imide groups is 1.